The van der Waals surface area contributed by atoms with E-state index in [9.17, 15) is 4.79 Å². The topological polar surface area (TPSA) is 64.1 Å². The monoisotopic (exact) mass is 249 g/mol. The van der Waals surface area contributed by atoms with Crippen LogP contribution in [0.4, 0.5) is 0 Å². The Hall–Kier alpha value is -1.49. The van der Waals surface area contributed by atoms with Crippen LogP contribution in [0.1, 0.15) is 37.0 Å². The van der Waals surface area contributed by atoms with E-state index in [1.165, 1.54) is 18.7 Å². The van der Waals surface area contributed by atoms with Crippen LogP contribution in [0.5, 0.6) is 0 Å². The van der Waals surface area contributed by atoms with Crippen LogP contribution >= 0.6 is 0 Å². The van der Waals surface area contributed by atoms with Crippen molar-refractivity contribution in [2.24, 2.45) is 5.92 Å². The SMILES string of the molecule is CC(C)C1CC(NC(=O)c2cncnc2)CCO1. The van der Waals surface area contributed by atoms with Crippen LogP contribution in [0.25, 0.3) is 0 Å². The van der Waals surface area contributed by atoms with Gasteiger partial charge in [0, 0.05) is 25.0 Å². The predicted molar refractivity (Wildman–Crippen MR) is 67.1 cm³/mol. The lowest BCUT2D eigenvalue weighted by atomic mass is 9.95. The Bertz CT molecular complexity index is 394. The third-order valence-electron chi connectivity index (χ3n) is 3.22. The fourth-order valence-corrected chi connectivity index (χ4v) is 2.11. The third-order valence-corrected chi connectivity index (χ3v) is 3.22. The van der Waals surface area contributed by atoms with Gasteiger partial charge >= 0.3 is 0 Å². The van der Waals surface area contributed by atoms with Gasteiger partial charge in [-0.05, 0) is 18.8 Å². The van der Waals surface area contributed by atoms with E-state index in [2.05, 4.69) is 29.1 Å². The van der Waals surface area contributed by atoms with Crippen LogP contribution < -0.4 is 5.32 Å². The Morgan fingerprint density at radius 3 is 2.83 bits per heavy atom. The number of nitrogens with one attached hydrogen (secondary N) is 1. The standard InChI is InChI=1S/C13H19N3O2/c1-9(2)12-5-11(3-4-18-12)16-13(17)10-6-14-8-15-7-10/h6-9,11-12H,3-5H2,1-2H3,(H,16,17). The first-order valence-corrected chi connectivity index (χ1v) is 6.34. The number of aromatic nitrogens is 2. The summed E-state index contributed by atoms with van der Waals surface area (Å²) in [6.07, 6.45) is 6.44. The van der Waals surface area contributed by atoms with Crippen molar-refractivity contribution < 1.29 is 9.53 Å². The van der Waals surface area contributed by atoms with Gasteiger partial charge in [-0.3, -0.25) is 4.79 Å². The molecule has 5 nitrogen and oxygen atoms in total. The zero-order chi connectivity index (χ0) is 13.0. The van der Waals surface area contributed by atoms with Gasteiger partial charge in [-0.1, -0.05) is 13.8 Å². The molecule has 2 atom stereocenters. The maximum absolute atomic E-state index is 12.0. The number of ether oxygens (including phenoxy) is 1. The molecule has 0 aliphatic carbocycles. The smallest absolute Gasteiger partial charge is 0.254 e. The predicted octanol–water partition coefficient (Wildman–Crippen LogP) is 1.41. The molecular weight excluding hydrogens is 230 g/mol. The minimum Gasteiger partial charge on any atom is -0.378 e. The zero-order valence-electron chi connectivity index (χ0n) is 10.8. The van der Waals surface area contributed by atoms with Crippen LogP contribution in [-0.2, 0) is 4.74 Å². The largest absolute Gasteiger partial charge is 0.378 e. The van der Waals surface area contributed by atoms with E-state index in [1.54, 1.807) is 0 Å². The molecule has 0 saturated carbocycles. The maximum atomic E-state index is 12.0. The molecule has 5 heteroatoms. The number of amides is 1. The molecule has 1 fully saturated rings. The van der Waals surface area contributed by atoms with E-state index in [4.69, 9.17) is 4.74 Å². The summed E-state index contributed by atoms with van der Waals surface area (Å²) in [6.45, 7) is 4.99. The van der Waals surface area contributed by atoms with Crippen LogP contribution in [0.15, 0.2) is 18.7 Å². The molecule has 2 rings (SSSR count). The third kappa shape index (κ3) is 3.26. The number of hydrogen-bond donors (Lipinski definition) is 1. The molecule has 2 unspecified atom stereocenters. The first kappa shape index (κ1) is 13.0. The molecule has 1 aliphatic rings. The minimum absolute atomic E-state index is 0.106. The molecule has 18 heavy (non-hydrogen) atoms. The Kier molecular flexibility index (Phi) is 4.25. The summed E-state index contributed by atoms with van der Waals surface area (Å²) in [4.78, 5) is 19.6. The number of rotatable bonds is 3. The first-order valence-electron chi connectivity index (χ1n) is 6.34. The second kappa shape index (κ2) is 5.91. The Balaban J connectivity index is 1.91. The average molecular weight is 249 g/mol. The van der Waals surface area contributed by atoms with Gasteiger partial charge in [0.2, 0.25) is 0 Å². The summed E-state index contributed by atoms with van der Waals surface area (Å²) in [5.74, 6) is 0.370. The summed E-state index contributed by atoms with van der Waals surface area (Å²) >= 11 is 0. The summed E-state index contributed by atoms with van der Waals surface area (Å²) in [7, 11) is 0. The molecule has 0 aromatic carbocycles. The number of carbonyl (C=O) groups excluding carboxylic acids is 1. The highest BCUT2D eigenvalue weighted by molar-refractivity contribution is 5.93. The summed E-state index contributed by atoms with van der Waals surface area (Å²) in [5.41, 5.74) is 0.505. The summed E-state index contributed by atoms with van der Waals surface area (Å²) in [5, 5.41) is 3.02. The van der Waals surface area contributed by atoms with E-state index >= 15 is 0 Å². The van der Waals surface area contributed by atoms with Crippen molar-refractivity contribution >= 4 is 5.91 Å². The van der Waals surface area contributed by atoms with Gasteiger partial charge in [0.15, 0.2) is 0 Å². The molecule has 0 radical (unpaired) electrons. The lowest BCUT2D eigenvalue weighted by Gasteiger charge is -2.32. The molecular formula is C13H19N3O2. The molecule has 1 amide bonds. The first-order chi connectivity index (χ1) is 8.66. The van der Waals surface area contributed by atoms with E-state index < -0.39 is 0 Å². The normalized spacial score (nSPS) is 23.9. The second-order valence-electron chi connectivity index (χ2n) is 4.98. The van der Waals surface area contributed by atoms with Crippen LogP contribution in [-0.4, -0.2) is 34.6 Å². The molecule has 1 aromatic heterocycles. The minimum atomic E-state index is -0.106. The highest BCUT2D eigenvalue weighted by atomic mass is 16.5. The number of nitrogens with zero attached hydrogens (tertiary/aromatic N) is 2. The van der Waals surface area contributed by atoms with E-state index in [0.29, 0.717) is 18.1 Å². The Morgan fingerprint density at radius 1 is 1.44 bits per heavy atom. The highest BCUT2D eigenvalue weighted by Gasteiger charge is 2.26. The molecule has 0 spiro atoms. The Morgan fingerprint density at radius 2 is 2.17 bits per heavy atom. The molecule has 2 heterocycles. The van der Waals surface area contributed by atoms with Crippen molar-refractivity contribution in [2.45, 2.75) is 38.8 Å². The van der Waals surface area contributed by atoms with Gasteiger partial charge in [-0.15, -0.1) is 0 Å². The van der Waals surface area contributed by atoms with E-state index in [-0.39, 0.29) is 18.1 Å². The fraction of sp³-hybridized carbons (Fsp3) is 0.615. The number of carbonyl (C=O) groups is 1. The molecule has 1 N–H and O–H groups in total. The van der Waals surface area contributed by atoms with Gasteiger partial charge < -0.3 is 10.1 Å². The van der Waals surface area contributed by atoms with E-state index in [0.717, 1.165) is 12.8 Å². The highest BCUT2D eigenvalue weighted by Crippen LogP contribution is 2.20. The van der Waals surface area contributed by atoms with Crippen LogP contribution in [0.2, 0.25) is 0 Å². The second-order valence-corrected chi connectivity index (χ2v) is 4.98. The average Bonchev–Trinajstić information content (AvgIpc) is 2.40. The fourth-order valence-electron chi connectivity index (χ4n) is 2.11. The molecule has 0 bridgehead atoms. The summed E-state index contributed by atoms with van der Waals surface area (Å²) < 4.78 is 5.68. The van der Waals surface area contributed by atoms with Crippen molar-refractivity contribution in [3.8, 4) is 0 Å². The summed E-state index contributed by atoms with van der Waals surface area (Å²) in [6, 6.07) is 0.179. The lowest BCUT2D eigenvalue weighted by Crippen LogP contribution is -2.43. The zero-order valence-corrected chi connectivity index (χ0v) is 10.8. The Labute approximate surface area is 107 Å². The maximum Gasteiger partial charge on any atom is 0.254 e. The number of hydrogen-bond acceptors (Lipinski definition) is 4. The van der Waals surface area contributed by atoms with Crippen molar-refractivity contribution in [1.82, 2.24) is 15.3 Å². The van der Waals surface area contributed by atoms with Crippen LogP contribution in [0, 0.1) is 5.92 Å². The van der Waals surface area contributed by atoms with Crippen LogP contribution in [0.3, 0.4) is 0 Å². The molecule has 1 aliphatic heterocycles. The van der Waals surface area contributed by atoms with E-state index in [1.807, 2.05) is 0 Å². The van der Waals surface area contributed by atoms with Gasteiger partial charge in [0.25, 0.3) is 5.91 Å². The van der Waals surface area contributed by atoms with Crippen molar-refractivity contribution in [1.29, 1.82) is 0 Å². The van der Waals surface area contributed by atoms with Gasteiger partial charge in [-0.25, -0.2) is 9.97 Å². The van der Waals surface area contributed by atoms with Crippen molar-refractivity contribution in [3.63, 3.8) is 0 Å². The molecule has 1 aromatic rings. The van der Waals surface area contributed by atoms with Crippen molar-refractivity contribution in [3.05, 3.63) is 24.3 Å². The van der Waals surface area contributed by atoms with Gasteiger partial charge in [0.1, 0.15) is 6.33 Å². The molecule has 98 valence electrons. The van der Waals surface area contributed by atoms with Gasteiger partial charge in [0.05, 0.1) is 11.7 Å². The molecule has 1 saturated heterocycles. The lowest BCUT2D eigenvalue weighted by molar-refractivity contribution is -0.0233. The quantitative estimate of drug-likeness (QED) is 0.879. The van der Waals surface area contributed by atoms with Crippen molar-refractivity contribution in [2.75, 3.05) is 6.61 Å². The van der Waals surface area contributed by atoms with Gasteiger partial charge in [-0.2, -0.15) is 0 Å².